The van der Waals surface area contributed by atoms with Crippen molar-refractivity contribution in [1.82, 2.24) is 0 Å². The van der Waals surface area contributed by atoms with Crippen LogP contribution >= 0.6 is 23.2 Å². The Bertz CT molecular complexity index is 452. The summed E-state index contributed by atoms with van der Waals surface area (Å²) in [6.45, 7) is 4.42. The number of halogens is 2. The maximum atomic E-state index is 11.5. The van der Waals surface area contributed by atoms with E-state index in [9.17, 15) is 9.59 Å². The van der Waals surface area contributed by atoms with E-state index in [1.54, 1.807) is 12.1 Å². The summed E-state index contributed by atoms with van der Waals surface area (Å²) in [7, 11) is 0. The van der Waals surface area contributed by atoms with Gasteiger partial charge in [0.15, 0.2) is 11.9 Å². The van der Waals surface area contributed by atoms with Gasteiger partial charge in [0.05, 0.1) is 0 Å². The fourth-order valence-corrected chi connectivity index (χ4v) is 1.78. The number of Topliss-reactive ketones (excluding diaryl/α,β-unsaturated/α-hetero) is 1. The third-order valence-corrected chi connectivity index (χ3v) is 3.39. The molecule has 1 rings (SSSR count). The van der Waals surface area contributed by atoms with Gasteiger partial charge in [-0.05, 0) is 19.4 Å². The molecule has 0 heterocycles. The molecule has 0 saturated heterocycles. The largest absolute Gasteiger partial charge is 0.454 e. The van der Waals surface area contributed by atoms with Crippen molar-refractivity contribution >= 4 is 35.0 Å². The summed E-state index contributed by atoms with van der Waals surface area (Å²) in [6, 6.07) is 7.11. The lowest BCUT2D eigenvalue weighted by Crippen LogP contribution is -2.34. The number of ether oxygens (including phenoxy) is 1. The van der Waals surface area contributed by atoms with Crippen LogP contribution in [0.5, 0.6) is 0 Å². The summed E-state index contributed by atoms with van der Waals surface area (Å²) in [5, 5.41) is 0. The van der Waals surface area contributed by atoms with E-state index in [0.717, 1.165) is 5.56 Å². The first-order chi connectivity index (χ1) is 8.25. The number of carbonyl (C=O) groups is 2. The van der Waals surface area contributed by atoms with Gasteiger partial charge in [-0.3, -0.25) is 9.59 Å². The van der Waals surface area contributed by atoms with Crippen LogP contribution in [-0.2, 0) is 14.3 Å². The van der Waals surface area contributed by atoms with Crippen LogP contribution < -0.4 is 0 Å². The third kappa shape index (κ3) is 3.47. The molecule has 0 N–H and O–H groups in total. The summed E-state index contributed by atoms with van der Waals surface area (Å²) < 4.78 is 3.29. The number of benzene rings is 1. The first-order valence-corrected chi connectivity index (χ1v) is 6.13. The van der Waals surface area contributed by atoms with E-state index in [1.807, 2.05) is 19.1 Å². The predicted octanol–water partition coefficient (Wildman–Crippen LogP) is 3.36. The molecule has 18 heavy (non-hydrogen) atoms. The van der Waals surface area contributed by atoms with Crippen molar-refractivity contribution in [3.05, 3.63) is 35.4 Å². The molecule has 0 aliphatic heterocycles. The number of esters is 1. The molecule has 0 aliphatic carbocycles. The van der Waals surface area contributed by atoms with Crippen LogP contribution in [0, 0.1) is 6.92 Å². The summed E-state index contributed by atoms with van der Waals surface area (Å²) in [5.74, 6) is -1.02. The molecule has 5 heteroatoms. The number of rotatable bonds is 4. The highest BCUT2D eigenvalue weighted by atomic mass is 35.5. The van der Waals surface area contributed by atoms with E-state index in [-0.39, 0.29) is 0 Å². The van der Waals surface area contributed by atoms with Gasteiger partial charge in [0.2, 0.25) is 4.33 Å². The lowest BCUT2D eigenvalue weighted by Gasteiger charge is -2.27. The van der Waals surface area contributed by atoms with Crippen molar-refractivity contribution in [2.24, 2.45) is 0 Å². The second-order valence-corrected chi connectivity index (χ2v) is 5.47. The fourth-order valence-electron chi connectivity index (χ4n) is 1.44. The SMILES string of the molecule is CC(=O)OC(c1ccc(C)cc1)C(Cl)(Cl)C(C)=O. The van der Waals surface area contributed by atoms with Crippen LogP contribution in [0.1, 0.15) is 31.1 Å². The average molecular weight is 289 g/mol. The Labute approximate surface area is 116 Å². The molecule has 1 aromatic rings. The monoisotopic (exact) mass is 288 g/mol. The Morgan fingerprint density at radius 1 is 1.17 bits per heavy atom. The zero-order valence-electron chi connectivity index (χ0n) is 10.4. The van der Waals surface area contributed by atoms with Crippen LogP contribution in [-0.4, -0.2) is 16.1 Å². The Morgan fingerprint density at radius 2 is 1.67 bits per heavy atom. The number of hydrogen-bond acceptors (Lipinski definition) is 3. The molecule has 0 radical (unpaired) electrons. The van der Waals surface area contributed by atoms with Crippen LogP contribution in [0.25, 0.3) is 0 Å². The molecule has 0 saturated carbocycles. The van der Waals surface area contributed by atoms with Gasteiger partial charge in [0, 0.05) is 6.92 Å². The van der Waals surface area contributed by atoms with Gasteiger partial charge in [0.1, 0.15) is 0 Å². The Morgan fingerprint density at radius 3 is 2.06 bits per heavy atom. The van der Waals surface area contributed by atoms with E-state index >= 15 is 0 Å². The topological polar surface area (TPSA) is 43.4 Å². The van der Waals surface area contributed by atoms with Gasteiger partial charge in [0.25, 0.3) is 0 Å². The number of alkyl halides is 2. The van der Waals surface area contributed by atoms with Crippen LogP contribution in [0.3, 0.4) is 0 Å². The highest BCUT2D eigenvalue weighted by Crippen LogP contribution is 2.39. The quantitative estimate of drug-likeness (QED) is 0.630. The summed E-state index contributed by atoms with van der Waals surface area (Å²) in [4.78, 5) is 22.6. The first kappa shape index (κ1) is 15.0. The van der Waals surface area contributed by atoms with E-state index in [2.05, 4.69) is 0 Å². The molecule has 0 bridgehead atoms. The minimum Gasteiger partial charge on any atom is -0.454 e. The fraction of sp³-hybridized carbons (Fsp3) is 0.385. The molecule has 0 amide bonds. The van der Waals surface area contributed by atoms with E-state index in [4.69, 9.17) is 27.9 Å². The van der Waals surface area contributed by atoms with Crippen molar-refractivity contribution in [2.75, 3.05) is 0 Å². The number of hydrogen-bond donors (Lipinski definition) is 0. The van der Waals surface area contributed by atoms with Crippen molar-refractivity contribution in [1.29, 1.82) is 0 Å². The maximum Gasteiger partial charge on any atom is 0.303 e. The summed E-state index contributed by atoms with van der Waals surface area (Å²) in [5.41, 5.74) is 1.62. The second kappa shape index (κ2) is 5.72. The number of aryl methyl sites for hydroxylation is 1. The van der Waals surface area contributed by atoms with Gasteiger partial charge in [-0.25, -0.2) is 0 Å². The average Bonchev–Trinajstić information content (AvgIpc) is 2.26. The first-order valence-electron chi connectivity index (χ1n) is 5.37. The normalized spacial score (nSPS) is 12.9. The second-order valence-electron chi connectivity index (χ2n) is 4.08. The zero-order valence-corrected chi connectivity index (χ0v) is 11.9. The van der Waals surface area contributed by atoms with Crippen molar-refractivity contribution in [3.8, 4) is 0 Å². The van der Waals surface area contributed by atoms with Crippen LogP contribution in [0.4, 0.5) is 0 Å². The van der Waals surface area contributed by atoms with Crippen LogP contribution in [0.15, 0.2) is 24.3 Å². The third-order valence-electron chi connectivity index (χ3n) is 2.46. The van der Waals surface area contributed by atoms with Crippen LogP contribution in [0.2, 0.25) is 0 Å². The minimum absolute atomic E-state index is 0.474. The molecule has 1 unspecified atom stereocenters. The standard InChI is InChI=1S/C13H14Cl2O3/c1-8-4-6-11(7-5-8)12(18-10(3)17)13(14,15)9(2)16/h4-7,12H,1-3H3. The van der Waals surface area contributed by atoms with E-state index in [1.165, 1.54) is 13.8 Å². The molecular formula is C13H14Cl2O3. The zero-order chi connectivity index (χ0) is 13.9. The Kier molecular flexibility index (Phi) is 4.77. The highest BCUT2D eigenvalue weighted by molar-refractivity contribution is 6.58. The molecule has 98 valence electrons. The van der Waals surface area contributed by atoms with Gasteiger partial charge >= 0.3 is 5.97 Å². The lowest BCUT2D eigenvalue weighted by molar-refractivity contribution is -0.148. The Balaban J connectivity index is 3.17. The summed E-state index contributed by atoms with van der Waals surface area (Å²) in [6.07, 6.45) is -1.02. The predicted molar refractivity (Wildman–Crippen MR) is 70.8 cm³/mol. The van der Waals surface area contributed by atoms with Crippen molar-refractivity contribution < 1.29 is 14.3 Å². The van der Waals surface area contributed by atoms with Gasteiger partial charge in [-0.15, -0.1) is 0 Å². The maximum absolute atomic E-state index is 11.5. The molecule has 0 aliphatic rings. The van der Waals surface area contributed by atoms with Crippen molar-refractivity contribution in [3.63, 3.8) is 0 Å². The molecular weight excluding hydrogens is 275 g/mol. The highest BCUT2D eigenvalue weighted by Gasteiger charge is 2.43. The van der Waals surface area contributed by atoms with Crippen molar-refractivity contribution in [2.45, 2.75) is 31.2 Å². The van der Waals surface area contributed by atoms with Gasteiger partial charge in [-0.1, -0.05) is 53.0 Å². The van der Waals surface area contributed by atoms with Gasteiger partial charge in [-0.2, -0.15) is 0 Å². The molecule has 1 atom stereocenters. The summed E-state index contributed by atoms with van der Waals surface area (Å²) >= 11 is 12.0. The van der Waals surface area contributed by atoms with Gasteiger partial charge < -0.3 is 4.74 Å². The smallest absolute Gasteiger partial charge is 0.303 e. The van der Waals surface area contributed by atoms with E-state index < -0.39 is 22.2 Å². The number of carbonyl (C=O) groups excluding carboxylic acids is 2. The van der Waals surface area contributed by atoms with E-state index in [0.29, 0.717) is 5.56 Å². The Hall–Kier alpha value is -1.06. The molecule has 0 spiro atoms. The lowest BCUT2D eigenvalue weighted by atomic mass is 10.0. The minimum atomic E-state index is -1.79. The number of ketones is 1. The molecule has 0 fully saturated rings. The molecule has 1 aromatic carbocycles. The molecule has 3 nitrogen and oxygen atoms in total. The molecule has 0 aromatic heterocycles.